The Morgan fingerprint density at radius 2 is 1.07 bits per heavy atom. The van der Waals surface area contributed by atoms with E-state index in [0.717, 1.165) is 70.6 Å². The van der Waals surface area contributed by atoms with Crippen molar-refractivity contribution in [3.05, 3.63) is 60.8 Å². The van der Waals surface area contributed by atoms with Gasteiger partial charge in [0.1, 0.15) is 36.8 Å². The van der Waals surface area contributed by atoms with E-state index in [2.05, 4.69) is 74.6 Å². The topological polar surface area (TPSA) is 186 Å². The van der Waals surface area contributed by atoms with Gasteiger partial charge in [0.25, 0.3) is 10.1 Å². The van der Waals surface area contributed by atoms with Crippen LogP contribution in [0.3, 0.4) is 0 Å². The third-order valence-electron chi connectivity index (χ3n) is 9.55. The molecular weight excluding hydrogens is 765 g/mol. The van der Waals surface area contributed by atoms with E-state index in [1.165, 1.54) is 44.9 Å². The van der Waals surface area contributed by atoms with E-state index in [4.69, 9.17) is 18.9 Å². The molecule has 0 aliphatic carbocycles. The molecular formula is C45H76O12S. The number of carbonyl (C=O) groups is 2. The first kappa shape index (κ1) is 53.4. The van der Waals surface area contributed by atoms with Gasteiger partial charge in [-0.25, -0.2) is 0 Å². The van der Waals surface area contributed by atoms with E-state index in [9.17, 15) is 37.9 Å². The van der Waals surface area contributed by atoms with Gasteiger partial charge in [-0.15, -0.1) is 0 Å². The zero-order valence-electron chi connectivity index (χ0n) is 35.4. The van der Waals surface area contributed by atoms with Crippen molar-refractivity contribution in [1.29, 1.82) is 0 Å². The fraction of sp³-hybridized carbons (Fsp3) is 0.733. The molecule has 334 valence electrons. The highest BCUT2D eigenvalue weighted by Crippen LogP contribution is 2.24. The molecule has 1 saturated heterocycles. The van der Waals surface area contributed by atoms with Crippen molar-refractivity contribution in [2.24, 2.45) is 0 Å². The lowest BCUT2D eigenvalue weighted by molar-refractivity contribution is -0.297. The van der Waals surface area contributed by atoms with E-state index >= 15 is 0 Å². The predicted octanol–water partition coefficient (Wildman–Crippen LogP) is 8.56. The monoisotopic (exact) mass is 841 g/mol. The summed E-state index contributed by atoms with van der Waals surface area (Å²) in [6.07, 6.45) is 32.7. The van der Waals surface area contributed by atoms with Crippen LogP contribution in [0.1, 0.15) is 155 Å². The van der Waals surface area contributed by atoms with E-state index < -0.39 is 71.2 Å². The van der Waals surface area contributed by atoms with Crippen LogP contribution in [0.5, 0.6) is 0 Å². The summed E-state index contributed by atoms with van der Waals surface area (Å²) in [5.41, 5.74) is 0. The molecule has 1 heterocycles. The first-order valence-electron chi connectivity index (χ1n) is 21.8. The highest BCUT2D eigenvalue weighted by Gasteiger charge is 2.46. The van der Waals surface area contributed by atoms with Crippen molar-refractivity contribution >= 4 is 22.1 Å². The highest BCUT2D eigenvalue weighted by molar-refractivity contribution is 7.85. The normalized spacial score (nSPS) is 21.0. The molecule has 0 spiro atoms. The minimum atomic E-state index is -4.61. The number of aliphatic hydroxyl groups excluding tert-OH is 3. The van der Waals surface area contributed by atoms with Crippen LogP contribution in [0.25, 0.3) is 0 Å². The second-order valence-corrected chi connectivity index (χ2v) is 16.5. The first-order valence-corrected chi connectivity index (χ1v) is 23.5. The molecule has 0 aromatic heterocycles. The molecule has 0 bridgehead atoms. The maximum atomic E-state index is 12.8. The Hall–Kier alpha value is -2.65. The average Bonchev–Trinajstić information content (AvgIpc) is 3.18. The first-order chi connectivity index (χ1) is 28.0. The molecule has 0 radical (unpaired) electrons. The van der Waals surface area contributed by atoms with Crippen LogP contribution >= 0.6 is 0 Å². The second kappa shape index (κ2) is 35.1. The molecule has 0 aromatic rings. The van der Waals surface area contributed by atoms with Gasteiger partial charge in [-0.2, -0.15) is 8.42 Å². The van der Waals surface area contributed by atoms with Crippen molar-refractivity contribution < 1.29 is 56.8 Å². The van der Waals surface area contributed by atoms with Crippen molar-refractivity contribution in [3.8, 4) is 0 Å². The molecule has 1 fully saturated rings. The van der Waals surface area contributed by atoms with Crippen LogP contribution in [0.15, 0.2) is 60.8 Å². The summed E-state index contributed by atoms with van der Waals surface area (Å²) >= 11 is 0. The molecule has 6 atom stereocenters. The Labute approximate surface area is 349 Å². The molecule has 58 heavy (non-hydrogen) atoms. The number of unbranched alkanes of at least 4 members (excludes halogenated alkanes) is 13. The van der Waals surface area contributed by atoms with Crippen LogP contribution in [0.2, 0.25) is 0 Å². The van der Waals surface area contributed by atoms with Crippen LogP contribution < -0.4 is 0 Å². The SMILES string of the molecule is CCC/C=C/C/C=C/C/C=C/C/C=C/CCCCCC(=O)O[C@H](COC(=O)CCCCC/C=C/CCCCCCCC)CO[C@H]1O[C@H](CS(=O)(=O)O)[C@@H](O)C(O)C1O. The van der Waals surface area contributed by atoms with Crippen molar-refractivity contribution in [2.75, 3.05) is 19.0 Å². The summed E-state index contributed by atoms with van der Waals surface area (Å²) in [5.74, 6) is -2.05. The fourth-order valence-corrected chi connectivity index (χ4v) is 6.82. The van der Waals surface area contributed by atoms with Gasteiger partial charge in [0, 0.05) is 12.8 Å². The van der Waals surface area contributed by atoms with E-state index in [1.54, 1.807) is 0 Å². The Kier molecular flexibility index (Phi) is 32.3. The predicted molar refractivity (Wildman–Crippen MR) is 229 cm³/mol. The number of carbonyl (C=O) groups excluding carboxylic acids is 2. The smallest absolute Gasteiger partial charge is 0.306 e. The van der Waals surface area contributed by atoms with Crippen LogP contribution in [0.4, 0.5) is 0 Å². The number of hydrogen-bond donors (Lipinski definition) is 4. The van der Waals surface area contributed by atoms with Gasteiger partial charge in [0.2, 0.25) is 0 Å². The zero-order valence-corrected chi connectivity index (χ0v) is 36.2. The number of rotatable bonds is 35. The number of esters is 2. The summed E-state index contributed by atoms with van der Waals surface area (Å²) in [6, 6.07) is 0. The summed E-state index contributed by atoms with van der Waals surface area (Å²) < 4.78 is 53.9. The molecule has 12 nitrogen and oxygen atoms in total. The summed E-state index contributed by atoms with van der Waals surface area (Å²) in [7, 11) is -4.61. The largest absolute Gasteiger partial charge is 0.462 e. The van der Waals surface area contributed by atoms with Crippen molar-refractivity contribution in [2.45, 2.75) is 192 Å². The van der Waals surface area contributed by atoms with Crippen LogP contribution in [0, 0.1) is 0 Å². The zero-order chi connectivity index (χ0) is 42.7. The highest BCUT2D eigenvalue weighted by atomic mass is 32.2. The third-order valence-corrected chi connectivity index (χ3v) is 10.3. The molecule has 4 N–H and O–H groups in total. The third kappa shape index (κ3) is 29.5. The van der Waals surface area contributed by atoms with Gasteiger partial charge in [0.15, 0.2) is 12.4 Å². The summed E-state index contributed by atoms with van der Waals surface area (Å²) in [4.78, 5) is 25.3. The molecule has 0 amide bonds. The molecule has 0 aromatic carbocycles. The van der Waals surface area contributed by atoms with Crippen molar-refractivity contribution in [1.82, 2.24) is 0 Å². The summed E-state index contributed by atoms with van der Waals surface area (Å²) in [6.45, 7) is 3.62. The van der Waals surface area contributed by atoms with Gasteiger partial charge in [-0.3, -0.25) is 14.1 Å². The van der Waals surface area contributed by atoms with Gasteiger partial charge in [-0.05, 0) is 77.0 Å². The minimum Gasteiger partial charge on any atom is -0.462 e. The minimum absolute atomic E-state index is 0.121. The second-order valence-electron chi connectivity index (χ2n) is 15.0. The lowest BCUT2D eigenvalue weighted by Crippen LogP contribution is -2.60. The maximum absolute atomic E-state index is 12.8. The van der Waals surface area contributed by atoms with E-state index in [1.807, 2.05) is 0 Å². The van der Waals surface area contributed by atoms with Gasteiger partial charge >= 0.3 is 11.9 Å². The molecule has 2 unspecified atom stereocenters. The van der Waals surface area contributed by atoms with Gasteiger partial charge < -0.3 is 34.3 Å². The Morgan fingerprint density at radius 1 is 0.586 bits per heavy atom. The fourth-order valence-electron chi connectivity index (χ4n) is 6.13. The van der Waals surface area contributed by atoms with Gasteiger partial charge in [0.05, 0.1) is 6.61 Å². The lowest BCUT2D eigenvalue weighted by Gasteiger charge is -2.40. The van der Waals surface area contributed by atoms with E-state index in [-0.39, 0.29) is 19.4 Å². The van der Waals surface area contributed by atoms with Gasteiger partial charge in [-0.1, -0.05) is 126 Å². The molecule has 1 aliphatic heterocycles. The molecule has 1 rings (SSSR count). The standard InChI is InChI=1S/C45H76O12S/c1-3-5-7-9-11-13-15-17-18-19-20-22-24-26-28-30-32-34-41(47)56-38(36-55-45-44(50)43(49)42(48)39(57-45)37-58(51,52)53)35-54-40(46)33-31-29-27-25-23-21-16-14-12-10-8-6-4-2/h7,9,13,15,18-19,21-24,38-39,42-45,48-50H,3-6,8,10-12,14,16-17,20,25-37H2,1-2H3,(H,51,52,53)/b9-7+,15-13+,19-18+,23-21+,24-22+/t38-,39-,42-,43?,44?,45+/m1/s1. The average molecular weight is 841 g/mol. The maximum Gasteiger partial charge on any atom is 0.306 e. The Morgan fingerprint density at radius 3 is 1.62 bits per heavy atom. The quantitative estimate of drug-likeness (QED) is 0.0207. The molecule has 13 heteroatoms. The number of ether oxygens (including phenoxy) is 4. The summed E-state index contributed by atoms with van der Waals surface area (Å²) in [5, 5.41) is 30.8. The molecule has 1 aliphatic rings. The van der Waals surface area contributed by atoms with E-state index in [0.29, 0.717) is 12.8 Å². The van der Waals surface area contributed by atoms with Crippen molar-refractivity contribution in [3.63, 3.8) is 0 Å². The van der Waals surface area contributed by atoms with Crippen LogP contribution in [-0.4, -0.2) is 96.0 Å². The number of hydrogen-bond acceptors (Lipinski definition) is 11. The van der Waals surface area contributed by atoms with Crippen LogP contribution in [-0.2, 0) is 38.7 Å². The lowest BCUT2D eigenvalue weighted by atomic mass is 10.00. The number of aliphatic hydroxyl groups is 3. The number of allylic oxidation sites excluding steroid dienone is 10. The molecule has 0 saturated carbocycles. The Bertz CT molecular complexity index is 1310. The Balaban J connectivity index is 2.51.